The quantitative estimate of drug-likeness (QED) is 0.872. The van der Waals surface area contributed by atoms with Crippen LogP contribution in [0.25, 0.3) is 0 Å². The number of carbonyl (C=O) groups excluding carboxylic acids is 1. The van der Waals surface area contributed by atoms with E-state index in [-0.39, 0.29) is 11.8 Å². The first-order valence-electron chi connectivity index (χ1n) is 6.24. The van der Waals surface area contributed by atoms with Crippen molar-refractivity contribution < 1.29 is 14.4 Å². The van der Waals surface area contributed by atoms with Crippen LogP contribution in [0.15, 0.2) is 4.52 Å². The Bertz CT molecular complexity index is 410. The number of aliphatic hydroxyl groups excluding tert-OH is 1. The van der Waals surface area contributed by atoms with Gasteiger partial charge >= 0.3 is 0 Å². The number of hydrogen-bond acceptors (Lipinski definition) is 4. The summed E-state index contributed by atoms with van der Waals surface area (Å²) >= 11 is 0. The highest BCUT2D eigenvalue weighted by molar-refractivity contribution is 5.96. The summed E-state index contributed by atoms with van der Waals surface area (Å²) in [6.45, 7) is 7.92. The van der Waals surface area contributed by atoms with Gasteiger partial charge in [0.15, 0.2) is 5.76 Å². The molecule has 0 aliphatic rings. The number of aryl methyl sites for hydroxylation is 1. The molecule has 0 bridgehead atoms. The Morgan fingerprint density at radius 2 is 2.06 bits per heavy atom. The highest BCUT2D eigenvalue weighted by atomic mass is 16.5. The molecule has 5 heteroatoms. The summed E-state index contributed by atoms with van der Waals surface area (Å²) in [6.07, 6.45) is 0.150. The van der Waals surface area contributed by atoms with Crippen LogP contribution < -0.4 is 0 Å². The van der Waals surface area contributed by atoms with Gasteiger partial charge in [0.1, 0.15) is 5.56 Å². The topological polar surface area (TPSA) is 66.6 Å². The van der Waals surface area contributed by atoms with Gasteiger partial charge in [-0.15, -0.1) is 0 Å². The molecular weight excluding hydrogens is 232 g/mol. The van der Waals surface area contributed by atoms with E-state index in [0.717, 1.165) is 0 Å². The number of hydrogen-bond donors (Lipinski definition) is 1. The fraction of sp³-hybridized carbons (Fsp3) is 0.692. The fourth-order valence-corrected chi connectivity index (χ4v) is 1.71. The fourth-order valence-electron chi connectivity index (χ4n) is 1.71. The first-order valence-corrected chi connectivity index (χ1v) is 6.24. The number of amides is 1. The molecule has 0 spiro atoms. The van der Waals surface area contributed by atoms with Crippen LogP contribution in [-0.4, -0.2) is 40.8 Å². The van der Waals surface area contributed by atoms with Crippen molar-refractivity contribution in [3.63, 3.8) is 0 Å². The molecule has 1 aromatic heterocycles. The largest absolute Gasteiger partial charge is 0.393 e. The standard InChI is InChI=1S/C13H22N2O3/c1-8(2)12-11(10(4)14-18-12)13(17)15(5)7-6-9(3)16/h8-9,16H,6-7H2,1-5H3. The zero-order valence-electron chi connectivity index (χ0n) is 11.7. The normalized spacial score (nSPS) is 12.8. The van der Waals surface area contributed by atoms with Gasteiger partial charge in [0.05, 0.1) is 11.8 Å². The minimum atomic E-state index is -0.409. The second-order valence-electron chi connectivity index (χ2n) is 5.03. The molecule has 1 unspecified atom stereocenters. The molecule has 0 aromatic carbocycles. The van der Waals surface area contributed by atoms with E-state index in [9.17, 15) is 9.90 Å². The van der Waals surface area contributed by atoms with Crippen LogP contribution in [0.1, 0.15) is 54.9 Å². The van der Waals surface area contributed by atoms with E-state index in [4.69, 9.17) is 4.52 Å². The monoisotopic (exact) mass is 254 g/mol. The zero-order chi connectivity index (χ0) is 13.9. The van der Waals surface area contributed by atoms with Crippen LogP contribution in [-0.2, 0) is 0 Å². The van der Waals surface area contributed by atoms with Crippen molar-refractivity contribution in [3.8, 4) is 0 Å². The minimum absolute atomic E-state index is 0.0990. The Morgan fingerprint density at radius 1 is 1.44 bits per heavy atom. The summed E-state index contributed by atoms with van der Waals surface area (Å²) < 4.78 is 5.21. The van der Waals surface area contributed by atoms with Crippen molar-refractivity contribution in [2.45, 2.75) is 46.1 Å². The molecule has 1 amide bonds. The molecule has 1 atom stereocenters. The second kappa shape index (κ2) is 6.00. The van der Waals surface area contributed by atoms with Gasteiger partial charge in [0.25, 0.3) is 5.91 Å². The Morgan fingerprint density at radius 3 is 2.56 bits per heavy atom. The minimum Gasteiger partial charge on any atom is -0.393 e. The van der Waals surface area contributed by atoms with E-state index in [0.29, 0.717) is 30.0 Å². The maximum atomic E-state index is 12.3. The van der Waals surface area contributed by atoms with E-state index in [1.54, 1.807) is 25.8 Å². The van der Waals surface area contributed by atoms with Crippen LogP contribution in [0.5, 0.6) is 0 Å². The predicted octanol–water partition coefficient (Wildman–Crippen LogP) is 1.95. The molecule has 102 valence electrons. The molecule has 5 nitrogen and oxygen atoms in total. The molecular formula is C13H22N2O3. The maximum absolute atomic E-state index is 12.3. The van der Waals surface area contributed by atoms with Crippen molar-refractivity contribution in [1.29, 1.82) is 0 Å². The lowest BCUT2D eigenvalue weighted by Gasteiger charge is -2.18. The van der Waals surface area contributed by atoms with Crippen LogP contribution in [0.4, 0.5) is 0 Å². The van der Waals surface area contributed by atoms with Crippen molar-refractivity contribution in [2.75, 3.05) is 13.6 Å². The maximum Gasteiger partial charge on any atom is 0.259 e. The van der Waals surface area contributed by atoms with Gasteiger partial charge in [0, 0.05) is 19.5 Å². The van der Waals surface area contributed by atoms with Gasteiger partial charge in [-0.25, -0.2) is 0 Å². The average Bonchev–Trinajstić information content (AvgIpc) is 2.67. The van der Waals surface area contributed by atoms with E-state index >= 15 is 0 Å². The first-order chi connectivity index (χ1) is 8.34. The molecule has 0 saturated heterocycles. The first kappa shape index (κ1) is 14.7. The molecule has 1 rings (SSSR count). The molecule has 1 heterocycles. The van der Waals surface area contributed by atoms with Gasteiger partial charge in [-0.3, -0.25) is 4.79 Å². The van der Waals surface area contributed by atoms with Crippen molar-refractivity contribution in [3.05, 3.63) is 17.0 Å². The molecule has 1 N–H and O–H groups in total. The predicted molar refractivity (Wildman–Crippen MR) is 68.6 cm³/mol. The summed E-state index contributed by atoms with van der Waals surface area (Å²) in [6, 6.07) is 0. The Labute approximate surface area is 108 Å². The van der Waals surface area contributed by atoms with E-state index < -0.39 is 6.10 Å². The number of carbonyl (C=O) groups is 1. The number of nitrogens with zero attached hydrogens (tertiary/aromatic N) is 2. The molecule has 18 heavy (non-hydrogen) atoms. The summed E-state index contributed by atoms with van der Waals surface area (Å²) in [4.78, 5) is 13.9. The van der Waals surface area contributed by atoms with Gasteiger partial charge < -0.3 is 14.5 Å². The summed E-state index contributed by atoms with van der Waals surface area (Å²) in [5.41, 5.74) is 1.17. The van der Waals surface area contributed by atoms with Gasteiger partial charge in [0.2, 0.25) is 0 Å². The molecule has 0 aliphatic carbocycles. The number of rotatable bonds is 5. The summed E-state index contributed by atoms with van der Waals surface area (Å²) in [5.74, 6) is 0.648. The van der Waals surface area contributed by atoms with Gasteiger partial charge in [-0.2, -0.15) is 0 Å². The Kier molecular flexibility index (Phi) is 4.90. The van der Waals surface area contributed by atoms with Crippen molar-refractivity contribution in [2.24, 2.45) is 0 Å². The van der Waals surface area contributed by atoms with E-state index in [2.05, 4.69) is 5.16 Å². The second-order valence-corrected chi connectivity index (χ2v) is 5.03. The van der Waals surface area contributed by atoms with E-state index in [1.807, 2.05) is 13.8 Å². The third-order valence-corrected chi connectivity index (χ3v) is 2.86. The summed E-state index contributed by atoms with van der Waals surface area (Å²) in [7, 11) is 1.72. The molecule has 0 radical (unpaired) electrons. The lowest BCUT2D eigenvalue weighted by molar-refractivity contribution is 0.0765. The smallest absolute Gasteiger partial charge is 0.259 e. The summed E-state index contributed by atoms with van der Waals surface area (Å²) in [5, 5.41) is 13.1. The van der Waals surface area contributed by atoms with Crippen molar-refractivity contribution >= 4 is 5.91 Å². The SMILES string of the molecule is Cc1noc(C(C)C)c1C(=O)N(C)CCC(C)O. The number of aliphatic hydroxyl groups is 1. The Hall–Kier alpha value is -1.36. The van der Waals surface area contributed by atoms with Gasteiger partial charge in [-0.05, 0) is 20.3 Å². The van der Waals surface area contributed by atoms with E-state index in [1.165, 1.54) is 0 Å². The lowest BCUT2D eigenvalue weighted by Crippen LogP contribution is -2.30. The number of aromatic nitrogens is 1. The highest BCUT2D eigenvalue weighted by Crippen LogP contribution is 2.23. The molecule has 0 saturated carbocycles. The third kappa shape index (κ3) is 3.32. The molecule has 0 fully saturated rings. The van der Waals surface area contributed by atoms with Gasteiger partial charge in [-0.1, -0.05) is 19.0 Å². The van der Waals surface area contributed by atoms with Crippen molar-refractivity contribution in [1.82, 2.24) is 10.1 Å². The van der Waals surface area contributed by atoms with Crippen LogP contribution in [0.2, 0.25) is 0 Å². The Balaban J connectivity index is 2.86. The molecule has 0 aliphatic heterocycles. The lowest BCUT2D eigenvalue weighted by atomic mass is 10.0. The zero-order valence-corrected chi connectivity index (χ0v) is 11.7. The third-order valence-electron chi connectivity index (χ3n) is 2.86. The van der Waals surface area contributed by atoms with Crippen LogP contribution >= 0.6 is 0 Å². The van der Waals surface area contributed by atoms with Crippen LogP contribution in [0.3, 0.4) is 0 Å². The molecule has 1 aromatic rings. The average molecular weight is 254 g/mol. The highest BCUT2D eigenvalue weighted by Gasteiger charge is 2.24. The van der Waals surface area contributed by atoms with Crippen LogP contribution in [0, 0.1) is 6.92 Å².